The number of hydrogen-bond acceptors (Lipinski definition) is 6. The van der Waals surface area contributed by atoms with Gasteiger partial charge in [0.15, 0.2) is 0 Å². The van der Waals surface area contributed by atoms with Gasteiger partial charge in [-0.2, -0.15) is 18.2 Å². The number of ether oxygens (including phenoxy) is 1. The van der Waals surface area contributed by atoms with Crippen LogP contribution in [0.15, 0.2) is 41.3 Å². The van der Waals surface area contributed by atoms with Crippen molar-refractivity contribution in [1.29, 1.82) is 5.41 Å². The zero-order valence-corrected chi connectivity index (χ0v) is 28.0. The van der Waals surface area contributed by atoms with Crippen LogP contribution in [0.2, 0.25) is 0 Å². The van der Waals surface area contributed by atoms with Gasteiger partial charge in [0.1, 0.15) is 23.0 Å². The Morgan fingerprint density at radius 3 is 2.64 bits per heavy atom. The van der Waals surface area contributed by atoms with Gasteiger partial charge in [0.05, 0.1) is 29.9 Å². The average Bonchev–Trinajstić information content (AvgIpc) is 3.84. The van der Waals surface area contributed by atoms with Crippen molar-refractivity contribution in [2.45, 2.75) is 89.0 Å². The van der Waals surface area contributed by atoms with E-state index in [0.29, 0.717) is 60.5 Å². The van der Waals surface area contributed by atoms with E-state index >= 15 is 8.78 Å². The van der Waals surface area contributed by atoms with Gasteiger partial charge in [-0.25, -0.2) is 13.6 Å². The van der Waals surface area contributed by atoms with Crippen molar-refractivity contribution in [2.24, 2.45) is 11.7 Å². The maximum absolute atomic E-state index is 15.9. The molecular formula is C36H42F5N7O2. The van der Waals surface area contributed by atoms with Crippen LogP contribution in [-0.4, -0.2) is 46.1 Å². The molecule has 3 heterocycles. The highest BCUT2D eigenvalue weighted by atomic mass is 19.4. The second kappa shape index (κ2) is 14.5. The number of hydrogen-bond donors (Lipinski definition) is 5. The number of nitrogens with one attached hydrogen (secondary N) is 4. The van der Waals surface area contributed by atoms with Crippen molar-refractivity contribution >= 4 is 16.9 Å². The molecule has 0 unspecified atom stereocenters. The van der Waals surface area contributed by atoms with Crippen LogP contribution in [-0.2, 0) is 12.6 Å². The first-order valence-corrected chi connectivity index (χ1v) is 17.0. The molecule has 14 heteroatoms. The van der Waals surface area contributed by atoms with Crippen LogP contribution >= 0.6 is 0 Å². The molecule has 0 bridgehead atoms. The number of alkyl halides is 3. The molecule has 2 fully saturated rings. The monoisotopic (exact) mass is 699 g/mol. The van der Waals surface area contributed by atoms with Crippen molar-refractivity contribution in [3.8, 4) is 22.7 Å². The zero-order chi connectivity index (χ0) is 35.7. The minimum absolute atomic E-state index is 0.00146. The molecule has 1 saturated heterocycles. The summed E-state index contributed by atoms with van der Waals surface area (Å²) in [6, 6.07) is 6.21. The molecule has 2 aromatic heterocycles. The fourth-order valence-corrected chi connectivity index (χ4v) is 6.99. The topological polar surface area (TPSA) is 134 Å². The number of fused-ring (bicyclic) bond motifs is 1. The molecule has 1 aliphatic carbocycles. The molecule has 9 nitrogen and oxygen atoms in total. The Bertz CT molecular complexity index is 1930. The van der Waals surface area contributed by atoms with Crippen LogP contribution in [0.25, 0.3) is 28.0 Å². The van der Waals surface area contributed by atoms with E-state index in [9.17, 15) is 18.0 Å². The molecule has 1 aliphatic heterocycles. The van der Waals surface area contributed by atoms with Gasteiger partial charge >= 0.3 is 11.9 Å². The van der Waals surface area contributed by atoms with Crippen LogP contribution in [0.4, 0.5) is 22.0 Å². The Hall–Kier alpha value is -4.30. The molecule has 1 saturated carbocycles. The number of halogens is 5. The number of H-pyrrole nitrogens is 1. The van der Waals surface area contributed by atoms with E-state index in [1.807, 2.05) is 0 Å². The third kappa shape index (κ3) is 7.86. The van der Waals surface area contributed by atoms with Crippen LogP contribution in [0.1, 0.15) is 81.0 Å². The number of nitrogens with zero attached hydrogens (tertiary/aromatic N) is 2. The summed E-state index contributed by atoms with van der Waals surface area (Å²) in [4.78, 5) is 20.1. The molecule has 6 rings (SSSR count). The number of aromatic amines is 1. The number of aromatic nitrogens is 3. The summed E-state index contributed by atoms with van der Waals surface area (Å²) in [5.74, 6) is -0.924. The van der Waals surface area contributed by atoms with Crippen molar-refractivity contribution in [1.82, 2.24) is 25.2 Å². The standard InChI is InChI=1S/C36H42F5N7O2/c1-19(42)44-12-11-23-6-4-8-29(45-23)32-27(37)16-24(17-31(32)50-2)48-18-22-15-30(46-34(22)47-35(48)49)25-13-20(5-3-7-28(43)21-9-10-21)14-26(33(25)38)36(39,40)41/h13-18,21,23,28-29,45H,3-12,43H2,1-2H3,(H2,42,44)(H,46,47,49)/t23-,28+,29-/m0/s1. The van der Waals surface area contributed by atoms with Gasteiger partial charge in [-0.05, 0) is 94.0 Å². The Balaban J connectivity index is 1.29. The van der Waals surface area contributed by atoms with Crippen LogP contribution in [0, 0.1) is 23.0 Å². The lowest BCUT2D eigenvalue weighted by Gasteiger charge is -2.32. The lowest BCUT2D eigenvalue weighted by molar-refractivity contribution is -0.140. The maximum Gasteiger partial charge on any atom is 0.419 e. The molecule has 0 amide bonds. The van der Waals surface area contributed by atoms with E-state index in [-0.39, 0.29) is 46.5 Å². The minimum Gasteiger partial charge on any atom is -0.496 e. The molecule has 0 radical (unpaired) electrons. The highest BCUT2D eigenvalue weighted by Crippen LogP contribution is 2.39. The molecule has 4 aromatic rings. The van der Waals surface area contributed by atoms with E-state index in [2.05, 4.69) is 20.6 Å². The Labute approximate surface area is 286 Å². The number of methoxy groups -OCH3 is 1. The Morgan fingerprint density at radius 1 is 1.16 bits per heavy atom. The van der Waals surface area contributed by atoms with Crippen LogP contribution < -0.4 is 26.8 Å². The number of nitrogens with two attached hydrogens (primary N) is 1. The predicted octanol–water partition coefficient (Wildman–Crippen LogP) is 6.91. The number of amidine groups is 1. The quantitative estimate of drug-likeness (QED) is 0.0621. The summed E-state index contributed by atoms with van der Waals surface area (Å²) in [7, 11) is 1.42. The molecule has 2 aliphatic rings. The SMILES string of the molecule is COc1cc(-n2cc3cc(-c4cc(CCC[C@@H](N)C5CC5)cc(C(F)(F)F)c4F)[nH]c3nc2=O)cc(F)c1[C@@H]1CCC[C@@H](CCNC(C)=N)N1. The van der Waals surface area contributed by atoms with Gasteiger partial charge in [0, 0.05) is 53.4 Å². The first kappa shape index (κ1) is 35.5. The van der Waals surface area contributed by atoms with Gasteiger partial charge in [0.25, 0.3) is 0 Å². The van der Waals surface area contributed by atoms with E-state index in [1.54, 1.807) is 13.0 Å². The van der Waals surface area contributed by atoms with E-state index in [0.717, 1.165) is 42.7 Å². The van der Waals surface area contributed by atoms with Crippen LogP contribution in [0.3, 0.4) is 0 Å². The van der Waals surface area contributed by atoms with Gasteiger partial charge < -0.3 is 26.1 Å². The molecule has 268 valence electrons. The fourth-order valence-electron chi connectivity index (χ4n) is 6.99. The Kier molecular flexibility index (Phi) is 10.3. The summed E-state index contributed by atoms with van der Waals surface area (Å²) in [6.07, 6.45) is 3.34. The smallest absolute Gasteiger partial charge is 0.419 e. The summed E-state index contributed by atoms with van der Waals surface area (Å²) in [5.41, 5.74) is 4.60. The number of benzene rings is 2. The highest BCUT2D eigenvalue weighted by molar-refractivity contribution is 5.83. The first-order chi connectivity index (χ1) is 23.8. The number of rotatable bonds is 12. The summed E-state index contributed by atoms with van der Waals surface area (Å²) < 4.78 is 79.9. The molecular weight excluding hydrogens is 657 g/mol. The molecule has 6 N–H and O–H groups in total. The number of aryl methyl sites for hydroxylation is 1. The highest BCUT2D eigenvalue weighted by Gasteiger charge is 2.36. The lowest BCUT2D eigenvalue weighted by Crippen LogP contribution is -2.39. The lowest BCUT2D eigenvalue weighted by atomic mass is 9.91. The number of piperidine rings is 1. The van der Waals surface area contributed by atoms with E-state index in [4.69, 9.17) is 15.9 Å². The predicted molar refractivity (Wildman–Crippen MR) is 182 cm³/mol. The molecule has 2 aromatic carbocycles. The second-order valence-electron chi connectivity index (χ2n) is 13.5. The third-order valence-electron chi connectivity index (χ3n) is 9.75. The minimum atomic E-state index is -4.92. The maximum atomic E-state index is 15.9. The van der Waals surface area contributed by atoms with Gasteiger partial charge in [-0.1, -0.05) is 6.42 Å². The summed E-state index contributed by atoms with van der Waals surface area (Å²) >= 11 is 0. The molecule has 0 spiro atoms. The van der Waals surface area contributed by atoms with Gasteiger partial charge in [-0.3, -0.25) is 9.98 Å². The summed E-state index contributed by atoms with van der Waals surface area (Å²) in [6.45, 7) is 2.29. The van der Waals surface area contributed by atoms with E-state index < -0.39 is 29.1 Å². The molecule has 3 atom stereocenters. The average molecular weight is 700 g/mol. The van der Waals surface area contributed by atoms with Crippen LogP contribution in [0.5, 0.6) is 5.75 Å². The van der Waals surface area contributed by atoms with Gasteiger partial charge in [-0.15, -0.1) is 0 Å². The zero-order valence-electron chi connectivity index (χ0n) is 28.0. The Morgan fingerprint density at radius 2 is 1.94 bits per heavy atom. The first-order valence-electron chi connectivity index (χ1n) is 17.0. The van der Waals surface area contributed by atoms with E-state index in [1.165, 1.54) is 31.5 Å². The summed E-state index contributed by atoms with van der Waals surface area (Å²) in [5, 5.41) is 14.4. The second-order valence-corrected chi connectivity index (χ2v) is 13.5. The normalized spacial score (nSPS) is 18.7. The third-order valence-corrected chi connectivity index (χ3v) is 9.75. The van der Waals surface area contributed by atoms with Gasteiger partial charge in [0.2, 0.25) is 0 Å². The van der Waals surface area contributed by atoms with Crippen molar-refractivity contribution in [3.05, 3.63) is 75.3 Å². The largest absolute Gasteiger partial charge is 0.496 e. The molecule has 50 heavy (non-hydrogen) atoms. The fraction of sp³-hybridized carbons (Fsp3) is 0.472. The van der Waals surface area contributed by atoms with Crippen molar-refractivity contribution in [2.75, 3.05) is 13.7 Å². The van der Waals surface area contributed by atoms with Crippen molar-refractivity contribution in [3.63, 3.8) is 0 Å². The van der Waals surface area contributed by atoms with Crippen molar-refractivity contribution < 1.29 is 26.7 Å².